The first-order chi connectivity index (χ1) is 17.2. The van der Waals surface area contributed by atoms with Gasteiger partial charge in [0, 0.05) is 30.1 Å². The zero-order valence-electron chi connectivity index (χ0n) is 23.1. The van der Waals surface area contributed by atoms with Gasteiger partial charge in [-0.15, -0.1) is 0 Å². The van der Waals surface area contributed by atoms with Gasteiger partial charge in [-0.25, -0.2) is 0 Å². The number of aldehydes is 4. The SMILES string of the molecule is C.C.C.C.C.C.C.C.CCOC(=O)CC(C)CCCC(C)CC.CCOC(=O)CC(C=O)C(C=O)CC(C=O)C(C=O)CC. The molecule has 44 heavy (non-hydrogen) atoms. The Morgan fingerprint density at radius 1 is 0.523 bits per heavy atom. The lowest BCUT2D eigenvalue weighted by Crippen LogP contribution is -2.28. The summed E-state index contributed by atoms with van der Waals surface area (Å²) < 4.78 is 9.67. The summed E-state index contributed by atoms with van der Waals surface area (Å²) in [5, 5.41) is 0. The molecule has 0 aromatic carbocycles. The number of hydrogen-bond donors (Lipinski definition) is 0. The summed E-state index contributed by atoms with van der Waals surface area (Å²) >= 11 is 0. The number of carbonyl (C=O) groups excluding carboxylic acids is 6. The minimum atomic E-state index is -0.840. The summed E-state index contributed by atoms with van der Waals surface area (Å²) in [7, 11) is 0. The first kappa shape index (κ1) is 68.7. The summed E-state index contributed by atoms with van der Waals surface area (Å²) in [6.07, 6.45) is 8.24. The second-order valence-corrected chi connectivity index (χ2v) is 9.41. The van der Waals surface area contributed by atoms with Gasteiger partial charge in [-0.05, 0) is 38.5 Å². The van der Waals surface area contributed by atoms with Crippen molar-refractivity contribution in [3.63, 3.8) is 0 Å². The maximum atomic E-state index is 11.4. The fourth-order valence-corrected chi connectivity index (χ4v) is 3.81. The highest BCUT2D eigenvalue weighted by molar-refractivity contribution is 5.76. The molecule has 0 bridgehead atoms. The highest BCUT2D eigenvalue weighted by atomic mass is 16.5. The summed E-state index contributed by atoms with van der Waals surface area (Å²) in [4.78, 5) is 66.9. The van der Waals surface area contributed by atoms with Crippen LogP contribution in [0.3, 0.4) is 0 Å². The molecule has 0 N–H and O–H groups in total. The van der Waals surface area contributed by atoms with Crippen LogP contribution in [0.2, 0.25) is 0 Å². The molecular weight excluding hydrogens is 560 g/mol. The second-order valence-electron chi connectivity index (χ2n) is 9.41. The molecular formula is C36H80O8. The van der Waals surface area contributed by atoms with Crippen molar-refractivity contribution >= 4 is 37.1 Å². The molecule has 8 heteroatoms. The molecule has 0 radical (unpaired) electrons. The Morgan fingerprint density at radius 2 is 0.886 bits per heavy atom. The molecule has 0 aliphatic rings. The van der Waals surface area contributed by atoms with Gasteiger partial charge in [0.2, 0.25) is 0 Å². The van der Waals surface area contributed by atoms with E-state index in [0.717, 1.165) is 12.3 Å². The molecule has 0 saturated carbocycles. The van der Waals surface area contributed by atoms with Crippen molar-refractivity contribution in [2.45, 2.75) is 152 Å². The number of ether oxygens (including phenoxy) is 2. The molecule has 0 aromatic rings. The zero-order valence-corrected chi connectivity index (χ0v) is 23.1. The first-order valence-electron chi connectivity index (χ1n) is 13.3. The number of rotatable bonds is 20. The van der Waals surface area contributed by atoms with Crippen LogP contribution in [-0.2, 0) is 38.2 Å². The van der Waals surface area contributed by atoms with Crippen LogP contribution >= 0.6 is 0 Å². The van der Waals surface area contributed by atoms with Crippen LogP contribution in [-0.4, -0.2) is 50.3 Å². The van der Waals surface area contributed by atoms with Gasteiger partial charge in [0.15, 0.2) is 0 Å². The maximum absolute atomic E-state index is 11.4. The van der Waals surface area contributed by atoms with Crippen molar-refractivity contribution in [1.29, 1.82) is 0 Å². The molecule has 0 aliphatic heterocycles. The van der Waals surface area contributed by atoms with E-state index in [9.17, 15) is 28.8 Å². The summed E-state index contributed by atoms with van der Waals surface area (Å²) in [5.74, 6) is -2.07. The van der Waals surface area contributed by atoms with Crippen molar-refractivity contribution in [3.8, 4) is 0 Å². The molecule has 6 unspecified atom stereocenters. The highest BCUT2D eigenvalue weighted by Gasteiger charge is 2.29. The Hall–Kier alpha value is -2.38. The van der Waals surface area contributed by atoms with E-state index in [-0.39, 0.29) is 84.8 Å². The van der Waals surface area contributed by atoms with Crippen LogP contribution in [0.5, 0.6) is 0 Å². The average molecular weight is 641 g/mol. The number of esters is 2. The quantitative estimate of drug-likeness (QED) is 0.0952. The predicted octanol–water partition coefficient (Wildman–Crippen LogP) is 9.88. The fourth-order valence-electron chi connectivity index (χ4n) is 3.81. The molecule has 0 saturated heterocycles. The van der Waals surface area contributed by atoms with Crippen molar-refractivity contribution in [1.82, 2.24) is 0 Å². The fraction of sp³-hybridized carbons (Fsp3) is 0.833. The van der Waals surface area contributed by atoms with Gasteiger partial charge >= 0.3 is 11.9 Å². The van der Waals surface area contributed by atoms with Crippen molar-refractivity contribution in [3.05, 3.63) is 0 Å². The van der Waals surface area contributed by atoms with Crippen LogP contribution in [0.4, 0.5) is 0 Å². The standard InChI is InChI=1S/C15H22O6.C13H26O2.8CH4/c1-3-11(7-16)12(8-17)5-13(9-18)14(10-19)6-15(20)21-4-2;1-5-11(3)8-7-9-12(4)10-13(14)15-6-2;;;;;;;;/h7-14H,3-6H2,1-2H3;11-12H,5-10H2,1-4H3;8*1H4. The summed E-state index contributed by atoms with van der Waals surface area (Å²) in [5.41, 5.74) is 0. The lowest BCUT2D eigenvalue weighted by Gasteiger charge is -2.22. The minimum Gasteiger partial charge on any atom is -0.466 e. The minimum absolute atomic E-state index is 0. The van der Waals surface area contributed by atoms with Crippen molar-refractivity contribution in [2.24, 2.45) is 35.5 Å². The molecule has 0 rings (SSSR count). The third kappa shape index (κ3) is 34.1. The normalized spacial score (nSPS) is 12.7. The maximum Gasteiger partial charge on any atom is 0.306 e. The van der Waals surface area contributed by atoms with Crippen LogP contribution in [0.25, 0.3) is 0 Å². The largest absolute Gasteiger partial charge is 0.466 e. The van der Waals surface area contributed by atoms with E-state index in [2.05, 4.69) is 20.8 Å². The predicted molar refractivity (Wildman–Crippen MR) is 192 cm³/mol. The Kier molecular flexibility index (Phi) is 70.3. The highest BCUT2D eigenvalue weighted by Crippen LogP contribution is 2.25. The first-order valence-corrected chi connectivity index (χ1v) is 13.3. The average Bonchev–Trinajstić information content (AvgIpc) is 2.85. The van der Waals surface area contributed by atoms with E-state index in [1.807, 2.05) is 6.92 Å². The Bertz CT molecular complexity index is 636. The van der Waals surface area contributed by atoms with Crippen molar-refractivity contribution in [2.75, 3.05) is 13.2 Å². The second kappa shape index (κ2) is 45.1. The van der Waals surface area contributed by atoms with Crippen LogP contribution in [0.15, 0.2) is 0 Å². The van der Waals surface area contributed by atoms with E-state index in [4.69, 9.17) is 9.47 Å². The van der Waals surface area contributed by atoms with Gasteiger partial charge in [0.25, 0.3) is 0 Å². The van der Waals surface area contributed by atoms with Crippen LogP contribution in [0, 0.1) is 35.5 Å². The van der Waals surface area contributed by atoms with Gasteiger partial charge < -0.3 is 28.7 Å². The summed E-state index contributed by atoms with van der Waals surface area (Å²) in [6, 6.07) is 0. The van der Waals surface area contributed by atoms with E-state index in [1.165, 1.54) is 19.3 Å². The van der Waals surface area contributed by atoms with Gasteiger partial charge in [0.05, 0.1) is 19.6 Å². The van der Waals surface area contributed by atoms with E-state index in [1.54, 1.807) is 13.8 Å². The van der Waals surface area contributed by atoms with Gasteiger partial charge in [-0.2, -0.15) is 0 Å². The lowest BCUT2D eigenvalue weighted by molar-refractivity contribution is -0.146. The molecule has 6 atom stereocenters. The molecule has 272 valence electrons. The molecule has 0 aromatic heterocycles. The van der Waals surface area contributed by atoms with E-state index >= 15 is 0 Å². The Balaban J connectivity index is -0.0000000575. The Morgan fingerprint density at radius 3 is 1.23 bits per heavy atom. The monoisotopic (exact) mass is 641 g/mol. The lowest BCUT2D eigenvalue weighted by atomic mass is 9.79. The molecule has 0 fully saturated rings. The van der Waals surface area contributed by atoms with Crippen LogP contribution in [0.1, 0.15) is 152 Å². The van der Waals surface area contributed by atoms with Crippen LogP contribution < -0.4 is 0 Å². The molecule has 8 nitrogen and oxygen atoms in total. The Labute approximate surface area is 276 Å². The smallest absolute Gasteiger partial charge is 0.306 e. The molecule has 0 heterocycles. The van der Waals surface area contributed by atoms with E-state index < -0.39 is 29.6 Å². The van der Waals surface area contributed by atoms with Gasteiger partial charge in [-0.3, -0.25) is 9.59 Å². The molecule has 0 amide bonds. The van der Waals surface area contributed by atoms with E-state index in [0.29, 0.717) is 50.5 Å². The number of carbonyl (C=O) groups is 6. The topological polar surface area (TPSA) is 121 Å². The third-order valence-electron chi connectivity index (χ3n) is 6.43. The molecule has 0 aliphatic carbocycles. The van der Waals surface area contributed by atoms with Crippen molar-refractivity contribution < 1.29 is 38.2 Å². The van der Waals surface area contributed by atoms with Gasteiger partial charge in [0.1, 0.15) is 25.1 Å². The molecule has 0 spiro atoms. The third-order valence-corrected chi connectivity index (χ3v) is 6.43. The number of hydrogen-bond acceptors (Lipinski definition) is 8. The zero-order chi connectivity index (χ0) is 27.9. The summed E-state index contributed by atoms with van der Waals surface area (Å²) in [6.45, 7) is 12.6. The van der Waals surface area contributed by atoms with Gasteiger partial charge in [-0.1, -0.05) is 113 Å².